The van der Waals surface area contributed by atoms with Crippen molar-refractivity contribution in [2.24, 2.45) is 11.8 Å². The summed E-state index contributed by atoms with van der Waals surface area (Å²) in [4.78, 5) is 50.8. The molecule has 0 N–H and O–H groups in total. The van der Waals surface area contributed by atoms with Gasteiger partial charge in [0.25, 0.3) is 0 Å². The molecule has 2 aliphatic rings. The lowest BCUT2D eigenvalue weighted by molar-refractivity contribution is -0.146. The Morgan fingerprint density at radius 2 is 1.74 bits per heavy atom. The first-order valence-electron chi connectivity index (χ1n) is 10.7. The van der Waals surface area contributed by atoms with Gasteiger partial charge in [-0.1, -0.05) is 31.0 Å². The second-order valence-corrected chi connectivity index (χ2v) is 7.86. The number of carbonyl (C=O) groups is 4. The van der Waals surface area contributed by atoms with E-state index in [1.54, 1.807) is 31.2 Å². The molecule has 8 heteroatoms. The summed E-state index contributed by atoms with van der Waals surface area (Å²) in [7, 11) is 0. The fourth-order valence-electron chi connectivity index (χ4n) is 4.48. The molecule has 1 aliphatic carbocycles. The van der Waals surface area contributed by atoms with E-state index < -0.39 is 11.9 Å². The number of rotatable bonds is 7. The molecule has 2 amide bonds. The first-order valence-corrected chi connectivity index (χ1v) is 10.7. The zero-order chi connectivity index (χ0) is 22.0. The largest absolute Gasteiger partial charge is 0.461 e. The Hall–Kier alpha value is -3.16. The van der Waals surface area contributed by atoms with E-state index in [1.807, 2.05) is 0 Å². The highest BCUT2D eigenvalue weighted by atomic mass is 16.5. The minimum atomic E-state index is -0.624. The Labute approximate surface area is 179 Å². The van der Waals surface area contributed by atoms with E-state index >= 15 is 0 Å². The third kappa shape index (κ3) is 4.06. The number of ether oxygens (including phenoxy) is 2. The fraction of sp³-hybridized carbons (Fsp3) is 0.478. The van der Waals surface area contributed by atoms with Gasteiger partial charge >= 0.3 is 11.9 Å². The van der Waals surface area contributed by atoms with Crippen molar-refractivity contribution in [3.8, 4) is 0 Å². The number of hydrogen-bond acceptors (Lipinski definition) is 7. The summed E-state index contributed by atoms with van der Waals surface area (Å²) >= 11 is 0. The number of nitrogens with zero attached hydrogens (tertiary/aromatic N) is 1. The molecule has 1 aliphatic heterocycles. The number of likely N-dealkylation sites (tertiary alicyclic amines) is 1. The molecule has 31 heavy (non-hydrogen) atoms. The smallest absolute Gasteiger partial charge is 0.374 e. The number of carbonyl (C=O) groups excluding carboxylic acids is 4. The minimum absolute atomic E-state index is 0.00447. The van der Waals surface area contributed by atoms with Crippen LogP contribution in [0.2, 0.25) is 0 Å². The zero-order valence-corrected chi connectivity index (χ0v) is 17.4. The van der Waals surface area contributed by atoms with Crippen LogP contribution in [0.3, 0.4) is 0 Å². The predicted molar refractivity (Wildman–Crippen MR) is 109 cm³/mol. The zero-order valence-electron chi connectivity index (χ0n) is 17.4. The van der Waals surface area contributed by atoms with Gasteiger partial charge in [0.2, 0.25) is 17.6 Å². The highest BCUT2D eigenvalue weighted by Crippen LogP contribution is 2.38. The molecule has 1 saturated carbocycles. The van der Waals surface area contributed by atoms with Gasteiger partial charge in [-0.15, -0.1) is 0 Å². The van der Waals surface area contributed by atoms with E-state index in [0.29, 0.717) is 16.5 Å². The summed E-state index contributed by atoms with van der Waals surface area (Å²) in [5.41, 5.74) is 0.925. The first-order chi connectivity index (χ1) is 15.0. The topological polar surface area (TPSA) is 103 Å². The Morgan fingerprint density at radius 3 is 2.42 bits per heavy atom. The van der Waals surface area contributed by atoms with Crippen LogP contribution in [0.4, 0.5) is 0 Å². The van der Waals surface area contributed by atoms with Crippen LogP contribution in [0.1, 0.15) is 55.1 Å². The van der Waals surface area contributed by atoms with E-state index in [2.05, 4.69) is 0 Å². The molecule has 8 nitrogen and oxygen atoms in total. The third-order valence-electron chi connectivity index (χ3n) is 6.01. The van der Waals surface area contributed by atoms with Gasteiger partial charge in [0.1, 0.15) is 12.2 Å². The van der Waals surface area contributed by atoms with Crippen LogP contribution in [0, 0.1) is 11.8 Å². The quantitative estimate of drug-likeness (QED) is 0.494. The standard InChI is InChI=1S/C23H25NO7/c1-2-29-23(28)20-17(14-7-5-6-10-18(14)31-20)13-30-19(25)11-12-24-21(26)15-8-3-4-9-16(15)22(24)27/h5-7,10,15-16H,2-4,8-9,11-13H2,1H3/t15-,16-/m1/s1. The molecule has 4 rings (SSSR count). The number of para-hydroxylation sites is 1. The second kappa shape index (κ2) is 8.91. The molecule has 0 unspecified atom stereocenters. The van der Waals surface area contributed by atoms with Crippen molar-refractivity contribution >= 4 is 34.7 Å². The Morgan fingerprint density at radius 1 is 1.06 bits per heavy atom. The Balaban J connectivity index is 1.40. The van der Waals surface area contributed by atoms with E-state index in [9.17, 15) is 19.2 Å². The van der Waals surface area contributed by atoms with E-state index in [4.69, 9.17) is 13.9 Å². The lowest BCUT2D eigenvalue weighted by Crippen LogP contribution is -2.33. The first kappa shape index (κ1) is 21.1. The van der Waals surface area contributed by atoms with Crippen LogP contribution in [-0.4, -0.2) is 41.8 Å². The third-order valence-corrected chi connectivity index (χ3v) is 6.01. The van der Waals surface area contributed by atoms with Gasteiger partial charge in [0.05, 0.1) is 30.4 Å². The maximum Gasteiger partial charge on any atom is 0.374 e. The summed E-state index contributed by atoms with van der Waals surface area (Å²) in [6.45, 7) is 1.73. The van der Waals surface area contributed by atoms with Crippen molar-refractivity contribution in [1.82, 2.24) is 4.90 Å². The lowest BCUT2D eigenvalue weighted by Gasteiger charge is -2.19. The number of imide groups is 1. The van der Waals surface area contributed by atoms with Crippen LogP contribution in [-0.2, 0) is 30.5 Å². The molecule has 1 aromatic heterocycles. The predicted octanol–water partition coefficient (Wildman–Crippen LogP) is 3.22. The maximum atomic E-state index is 12.5. The van der Waals surface area contributed by atoms with Gasteiger partial charge in [0.15, 0.2) is 0 Å². The number of amides is 2. The average molecular weight is 427 g/mol. The van der Waals surface area contributed by atoms with Crippen molar-refractivity contribution in [2.75, 3.05) is 13.2 Å². The van der Waals surface area contributed by atoms with E-state index in [1.165, 1.54) is 4.90 Å². The lowest BCUT2D eigenvalue weighted by atomic mass is 9.81. The van der Waals surface area contributed by atoms with Gasteiger partial charge in [-0.3, -0.25) is 19.3 Å². The van der Waals surface area contributed by atoms with Crippen LogP contribution >= 0.6 is 0 Å². The SMILES string of the molecule is CCOC(=O)c1oc2ccccc2c1COC(=O)CCN1C(=O)[C@@H]2CCCC[C@H]2C1=O. The summed E-state index contributed by atoms with van der Waals surface area (Å²) in [6.07, 6.45) is 3.29. The van der Waals surface area contributed by atoms with Crippen molar-refractivity contribution in [2.45, 2.75) is 45.6 Å². The minimum Gasteiger partial charge on any atom is -0.461 e. The summed E-state index contributed by atoms with van der Waals surface area (Å²) in [5, 5.41) is 0.660. The molecule has 1 aromatic carbocycles. The monoisotopic (exact) mass is 427 g/mol. The summed E-state index contributed by atoms with van der Waals surface area (Å²) in [6, 6.07) is 7.06. The van der Waals surface area contributed by atoms with E-state index in [-0.39, 0.29) is 55.6 Å². The molecular weight excluding hydrogens is 402 g/mol. The van der Waals surface area contributed by atoms with Crippen molar-refractivity contribution in [1.29, 1.82) is 0 Å². The Kier molecular flexibility index (Phi) is 6.06. The molecule has 0 radical (unpaired) electrons. The van der Waals surface area contributed by atoms with Crippen LogP contribution in [0.15, 0.2) is 28.7 Å². The van der Waals surface area contributed by atoms with Gasteiger partial charge in [-0.05, 0) is 25.8 Å². The van der Waals surface area contributed by atoms with Crippen LogP contribution < -0.4 is 0 Å². The van der Waals surface area contributed by atoms with E-state index in [0.717, 1.165) is 25.7 Å². The van der Waals surface area contributed by atoms with Gasteiger partial charge in [-0.2, -0.15) is 0 Å². The van der Waals surface area contributed by atoms with Gasteiger partial charge < -0.3 is 13.9 Å². The van der Waals surface area contributed by atoms with Crippen molar-refractivity contribution in [3.63, 3.8) is 0 Å². The molecule has 2 fully saturated rings. The average Bonchev–Trinajstić information content (AvgIpc) is 3.27. The molecule has 2 atom stereocenters. The molecule has 1 saturated heterocycles. The maximum absolute atomic E-state index is 12.5. The fourth-order valence-corrected chi connectivity index (χ4v) is 4.48. The van der Waals surface area contributed by atoms with Crippen LogP contribution in [0.5, 0.6) is 0 Å². The van der Waals surface area contributed by atoms with Crippen molar-refractivity contribution < 1.29 is 33.1 Å². The number of furan rings is 1. The molecular formula is C23H25NO7. The molecule has 164 valence electrons. The highest BCUT2D eigenvalue weighted by Gasteiger charge is 2.47. The summed E-state index contributed by atoms with van der Waals surface area (Å²) < 4.78 is 16.0. The van der Waals surface area contributed by atoms with Crippen LogP contribution in [0.25, 0.3) is 11.0 Å². The van der Waals surface area contributed by atoms with Crippen molar-refractivity contribution in [3.05, 3.63) is 35.6 Å². The number of benzene rings is 1. The number of esters is 2. The molecule has 0 spiro atoms. The number of hydrogen-bond donors (Lipinski definition) is 0. The summed E-state index contributed by atoms with van der Waals surface area (Å²) in [5.74, 6) is -2.00. The van der Waals surface area contributed by atoms with Gasteiger partial charge in [0, 0.05) is 11.9 Å². The number of fused-ring (bicyclic) bond motifs is 2. The molecule has 2 aromatic rings. The molecule has 2 heterocycles. The molecule has 0 bridgehead atoms. The normalized spacial score (nSPS) is 20.7. The van der Waals surface area contributed by atoms with Gasteiger partial charge in [-0.25, -0.2) is 4.79 Å². The second-order valence-electron chi connectivity index (χ2n) is 7.86. The Bertz CT molecular complexity index is 1000. The highest BCUT2D eigenvalue weighted by molar-refractivity contribution is 6.05.